The molecule has 0 saturated carbocycles. The molecule has 0 atom stereocenters. The predicted octanol–water partition coefficient (Wildman–Crippen LogP) is 1.05. The summed E-state index contributed by atoms with van der Waals surface area (Å²) in [5, 5.41) is 8.85. The van der Waals surface area contributed by atoms with Gasteiger partial charge in [-0.05, 0) is 25.0 Å². The van der Waals surface area contributed by atoms with Crippen LogP contribution in [0.4, 0.5) is 0 Å². The Balaban J connectivity index is 1.93. The molecule has 1 aromatic heterocycles. The van der Waals surface area contributed by atoms with Gasteiger partial charge in [0.25, 0.3) is 0 Å². The van der Waals surface area contributed by atoms with Crippen molar-refractivity contribution in [2.75, 3.05) is 13.1 Å². The quantitative estimate of drug-likeness (QED) is 0.892. The molecule has 0 aliphatic carbocycles. The molecule has 0 unspecified atom stereocenters. The highest BCUT2D eigenvalue weighted by Gasteiger charge is 2.29. The number of hydrogen-bond donors (Lipinski definition) is 1. The largest absolute Gasteiger partial charge is 0.417 e. The van der Waals surface area contributed by atoms with E-state index < -0.39 is 15.8 Å². The molecule has 1 aliphatic rings. The highest BCUT2D eigenvalue weighted by Crippen LogP contribution is 2.25. The number of nitrogens with zero attached hydrogens (tertiary/aromatic N) is 2. The maximum absolute atomic E-state index is 12.5. The molecule has 0 radical (unpaired) electrons. The number of rotatable bonds is 2. The minimum Gasteiger partial charge on any atom is -0.408 e. The van der Waals surface area contributed by atoms with Gasteiger partial charge in [-0.25, -0.2) is 13.2 Å². The molecule has 2 aromatic rings. The minimum atomic E-state index is -3.63. The molecule has 1 saturated heterocycles. The van der Waals surface area contributed by atoms with Gasteiger partial charge in [-0.1, -0.05) is 0 Å². The second-order valence-corrected chi connectivity index (χ2v) is 6.92. The van der Waals surface area contributed by atoms with Crippen LogP contribution >= 0.6 is 0 Å². The molecule has 0 spiro atoms. The summed E-state index contributed by atoms with van der Waals surface area (Å²) in [7, 11) is -3.63. The lowest BCUT2D eigenvalue weighted by Gasteiger charge is -2.28. The molecular weight excluding hydrogens is 294 g/mol. The third-order valence-corrected chi connectivity index (χ3v) is 5.56. The Morgan fingerprint density at radius 3 is 2.71 bits per heavy atom. The number of piperidine rings is 1. The van der Waals surface area contributed by atoms with Crippen LogP contribution in [0.15, 0.2) is 32.3 Å². The lowest BCUT2D eigenvalue weighted by atomic mass is 10.0. The summed E-state index contributed by atoms with van der Waals surface area (Å²) in [6.07, 6.45) is 1.08. The fourth-order valence-electron chi connectivity index (χ4n) is 2.46. The maximum atomic E-state index is 12.5. The van der Waals surface area contributed by atoms with Crippen LogP contribution in [0.5, 0.6) is 0 Å². The van der Waals surface area contributed by atoms with Gasteiger partial charge in [0, 0.05) is 25.1 Å². The van der Waals surface area contributed by atoms with Crippen LogP contribution in [0.1, 0.15) is 12.8 Å². The van der Waals surface area contributed by atoms with Gasteiger partial charge in [0.1, 0.15) is 0 Å². The molecule has 1 aromatic carbocycles. The second-order valence-electron chi connectivity index (χ2n) is 4.98. The van der Waals surface area contributed by atoms with Gasteiger partial charge in [0.2, 0.25) is 10.0 Å². The first kappa shape index (κ1) is 13.9. The van der Waals surface area contributed by atoms with Crippen molar-refractivity contribution in [3.05, 3.63) is 28.7 Å². The van der Waals surface area contributed by atoms with E-state index in [-0.39, 0.29) is 16.4 Å². The number of aromatic nitrogens is 1. The SMILES string of the molecule is N#CC1CCN(S(=O)(=O)c2ccc3[nH]c(=O)oc3c2)CC1. The Morgan fingerprint density at radius 2 is 2.05 bits per heavy atom. The lowest BCUT2D eigenvalue weighted by molar-refractivity contribution is 0.310. The molecule has 1 fully saturated rings. The molecule has 7 nitrogen and oxygen atoms in total. The second kappa shape index (κ2) is 5.02. The van der Waals surface area contributed by atoms with E-state index in [1.807, 2.05) is 0 Å². The average molecular weight is 307 g/mol. The van der Waals surface area contributed by atoms with Crippen molar-refractivity contribution < 1.29 is 12.8 Å². The highest BCUT2D eigenvalue weighted by molar-refractivity contribution is 7.89. The number of H-pyrrole nitrogens is 1. The Kier molecular flexibility index (Phi) is 3.31. The minimum absolute atomic E-state index is 0.0818. The molecule has 0 amide bonds. The summed E-state index contributed by atoms with van der Waals surface area (Å²) in [6, 6.07) is 6.47. The summed E-state index contributed by atoms with van der Waals surface area (Å²) in [4.78, 5) is 13.7. The Hall–Kier alpha value is -2.11. The van der Waals surface area contributed by atoms with Gasteiger partial charge in [-0.15, -0.1) is 0 Å². The van der Waals surface area contributed by atoms with Gasteiger partial charge in [0.05, 0.1) is 16.5 Å². The smallest absolute Gasteiger partial charge is 0.408 e. The van der Waals surface area contributed by atoms with E-state index in [9.17, 15) is 13.2 Å². The normalized spacial score (nSPS) is 17.9. The number of aromatic amines is 1. The molecule has 110 valence electrons. The standard InChI is InChI=1S/C13H13N3O4S/c14-8-9-3-5-16(6-4-9)21(18,19)10-1-2-11-12(7-10)20-13(17)15-11/h1-2,7,9H,3-6H2,(H,15,17). The fourth-order valence-corrected chi connectivity index (χ4v) is 3.95. The summed E-state index contributed by atoms with van der Waals surface area (Å²) in [5.41, 5.74) is 0.676. The molecule has 1 N–H and O–H groups in total. The van der Waals surface area contributed by atoms with Crippen LogP contribution in [-0.4, -0.2) is 30.8 Å². The van der Waals surface area contributed by atoms with Gasteiger partial charge in [0.15, 0.2) is 5.58 Å². The number of fused-ring (bicyclic) bond motifs is 1. The molecule has 0 bridgehead atoms. The molecule has 2 heterocycles. The zero-order chi connectivity index (χ0) is 15.0. The topological polar surface area (TPSA) is 107 Å². The van der Waals surface area contributed by atoms with Crippen molar-refractivity contribution in [2.24, 2.45) is 5.92 Å². The van der Waals surface area contributed by atoms with Crippen LogP contribution < -0.4 is 5.76 Å². The summed E-state index contributed by atoms with van der Waals surface area (Å²) in [6.45, 7) is 0.658. The summed E-state index contributed by atoms with van der Waals surface area (Å²) >= 11 is 0. The van der Waals surface area contributed by atoms with E-state index in [1.54, 1.807) is 0 Å². The van der Waals surface area contributed by atoms with E-state index in [0.29, 0.717) is 31.4 Å². The van der Waals surface area contributed by atoms with Crippen molar-refractivity contribution in [2.45, 2.75) is 17.7 Å². The molecule has 21 heavy (non-hydrogen) atoms. The first-order chi connectivity index (χ1) is 10.0. The molecule has 3 rings (SSSR count). The first-order valence-corrected chi connectivity index (χ1v) is 7.97. The van der Waals surface area contributed by atoms with Gasteiger partial charge in [-0.2, -0.15) is 9.57 Å². The van der Waals surface area contributed by atoms with Gasteiger partial charge in [-0.3, -0.25) is 4.98 Å². The lowest BCUT2D eigenvalue weighted by Crippen LogP contribution is -2.38. The van der Waals surface area contributed by atoms with Gasteiger partial charge >= 0.3 is 5.76 Å². The number of nitrogens with one attached hydrogen (secondary N) is 1. The first-order valence-electron chi connectivity index (χ1n) is 6.53. The van der Waals surface area contributed by atoms with Crippen LogP contribution in [-0.2, 0) is 10.0 Å². The van der Waals surface area contributed by atoms with Crippen molar-refractivity contribution in [1.29, 1.82) is 5.26 Å². The third kappa shape index (κ3) is 2.46. The third-order valence-electron chi connectivity index (χ3n) is 3.67. The Morgan fingerprint density at radius 1 is 1.33 bits per heavy atom. The zero-order valence-electron chi connectivity index (χ0n) is 11.1. The van der Waals surface area contributed by atoms with Crippen molar-refractivity contribution in [1.82, 2.24) is 9.29 Å². The molecular formula is C13H13N3O4S. The van der Waals surface area contributed by atoms with E-state index in [0.717, 1.165) is 0 Å². The van der Waals surface area contributed by atoms with E-state index >= 15 is 0 Å². The predicted molar refractivity (Wildman–Crippen MR) is 73.9 cm³/mol. The zero-order valence-corrected chi connectivity index (χ0v) is 11.9. The van der Waals surface area contributed by atoms with Crippen LogP contribution in [0.2, 0.25) is 0 Å². The molecule has 1 aliphatic heterocycles. The molecule has 8 heteroatoms. The highest BCUT2D eigenvalue weighted by atomic mass is 32.2. The van der Waals surface area contributed by atoms with E-state index in [4.69, 9.17) is 9.68 Å². The van der Waals surface area contributed by atoms with Crippen LogP contribution in [0, 0.1) is 17.2 Å². The van der Waals surface area contributed by atoms with Crippen LogP contribution in [0.3, 0.4) is 0 Å². The summed E-state index contributed by atoms with van der Waals surface area (Å²) in [5.74, 6) is -0.698. The number of nitriles is 1. The van der Waals surface area contributed by atoms with Crippen molar-refractivity contribution in [3.8, 4) is 6.07 Å². The van der Waals surface area contributed by atoms with Crippen molar-refractivity contribution >= 4 is 21.1 Å². The summed E-state index contributed by atoms with van der Waals surface area (Å²) < 4.78 is 31.3. The van der Waals surface area contributed by atoms with E-state index in [1.165, 1.54) is 22.5 Å². The fraction of sp³-hybridized carbons (Fsp3) is 0.385. The monoisotopic (exact) mass is 307 g/mol. The Labute approximate surface area is 120 Å². The van der Waals surface area contributed by atoms with E-state index in [2.05, 4.69) is 11.1 Å². The number of hydrogen-bond acceptors (Lipinski definition) is 5. The number of benzene rings is 1. The number of sulfonamides is 1. The maximum Gasteiger partial charge on any atom is 0.417 e. The van der Waals surface area contributed by atoms with Crippen molar-refractivity contribution in [3.63, 3.8) is 0 Å². The van der Waals surface area contributed by atoms with Crippen LogP contribution in [0.25, 0.3) is 11.1 Å². The van der Waals surface area contributed by atoms with Gasteiger partial charge < -0.3 is 4.42 Å². The number of oxazole rings is 1. The average Bonchev–Trinajstić information content (AvgIpc) is 2.86. The Bertz CT molecular complexity index is 867.